The van der Waals surface area contributed by atoms with Gasteiger partial charge < -0.3 is 15.3 Å². The maximum absolute atomic E-state index is 12.2. The molecule has 3 aromatic rings. The first-order valence-electron chi connectivity index (χ1n) is 9.21. The Labute approximate surface area is 172 Å². The van der Waals surface area contributed by atoms with Gasteiger partial charge in [0.25, 0.3) is 5.91 Å². The molecule has 9 heteroatoms. The van der Waals surface area contributed by atoms with Gasteiger partial charge >= 0.3 is 5.97 Å². The van der Waals surface area contributed by atoms with Crippen LogP contribution >= 0.6 is 11.3 Å². The number of carbonyl (C=O) groups excluding carboxylic acids is 1. The number of carbonyl (C=O) groups is 2. The van der Waals surface area contributed by atoms with Crippen molar-refractivity contribution in [2.24, 2.45) is 0 Å². The first-order chi connectivity index (χ1) is 13.9. The van der Waals surface area contributed by atoms with Gasteiger partial charge in [-0.1, -0.05) is 13.0 Å². The molecule has 0 fully saturated rings. The number of anilines is 2. The lowest BCUT2D eigenvalue weighted by Crippen LogP contribution is -2.23. The fourth-order valence-corrected chi connectivity index (χ4v) is 3.66. The number of hydrogen-bond donors (Lipinski definition) is 2. The topological polar surface area (TPSA) is 100 Å². The van der Waals surface area contributed by atoms with Crippen LogP contribution < -0.4 is 10.2 Å². The minimum absolute atomic E-state index is 0.0229. The second-order valence-corrected chi connectivity index (χ2v) is 7.64. The molecule has 2 N–H and O–H groups in total. The van der Waals surface area contributed by atoms with Crippen LogP contribution in [-0.4, -0.2) is 38.8 Å². The summed E-state index contributed by atoms with van der Waals surface area (Å²) in [6.45, 7) is 5.28. The van der Waals surface area contributed by atoms with Crippen molar-refractivity contribution in [2.75, 3.05) is 17.3 Å². The number of aryl methyl sites for hydroxylation is 2. The highest BCUT2D eigenvalue weighted by Crippen LogP contribution is 2.23. The standard InChI is InChI=1S/C20H23N5O3S/c1-4-7-25-15(9-13(2)23-25)12-24(3)18-16(20(27)28)10-14(11-21-18)22-19(26)17-6-5-8-29-17/h5-6,8-11H,4,7,12H2,1-3H3,(H,22,26)(H,27,28). The molecule has 0 aliphatic heterocycles. The summed E-state index contributed by atoms with van der Waals surface area (Å²) in [5, 5.41) is 18.7. The number of carboxylic acids is 1. The summed E-state index contributed by atoms with van der Waals surface area (Å²) < 4.78 is 1.93. The molecular formula is C20H23N5O3S. The highest BCUT2D eigenvalue weighted by atomic mass is 32.1. The van der Waals surface area contributed by atoms with E-state index in [9.17, 15) is 14.7 Å². The molecule has 0 aromatic carbocycles. The van der Waals surface area contributed by atoms with Crippen LogP contribution in [0.25, 0.3) is 0 Å². The molecule has 8 nitrogen and oxygen atoms in total. The quantitative estimate of drug-likeness (QED) is 0.585. The summed E-state index contributed by atoms with van der Waals surface area (Å²) in [7, 11) is 1.79. The number of nitrogens with one attached hydrogen (secondary N) is 1. The highest BCUT2D eigenvalue weighted by Gasteiger charge is 2.19. The molecule has 0 aliphatic carbocycles. The van der Waals surface area contributed by atoms with E-state index in [2.05, 4.69) is 22.3 Å². The molecule has 0 spiro atoms. The number of aromatic nitrogens is 3. The second kappa shape index (κ2) is 8.87. The third kappa shape index (κ3) is 4.80. The largest absolute Gasteiger partial charge is 0.478 e. The SMILES string of the molecule is CCCn1nc(C)cc1CN(C)c1ncc(NC(=O)c2cccs2)cc1C(=O)O. The van der Waals surface area contributed by atoms with E-state index in [0.29, 0.717) is 22.9 Å². The van der Waals surface area contributed by atoms with E-state index in [1.807, 2.05) is 17.7 Å². The van der Waals surface area contributed by atoms with Crippen molar-refractivity contribution in [1.29, 1.82) is 0 Å². The number of pyridine rings is 1. The van der Waals surface area contributed by atoms with Crippen LogP contribution in [0.5, 0.6) is 0 Å². The minimum atomic E-state index is -1.11. The summed E-state index contributed by atoms with van der Waals surface area (Å²) in [4.78, 5) is 30.7. The van der Waals surface area contributed by atoms with Gasteiger partial charge in [0.15, 0.2) is 0 Å². The van der Waals surface area contributed by atoms with E-state index in [1.165, 1.54) is 23.6 Å². The van der Waals surface area contributed by atoms with E-state index in [4.69, 9.17) is 0 Å². The first kappa shape index (κ1) is 20.5. The summed E-state index contributed by atoms with van der Waals surface area (Å²) in [6.07, 6.45) is 2.42. The number of carboxylic acid groups (broad SMARTS) is 1. The van der Waals surface area contributed by atoms with Crippen LogP contribution in [-0.2, 0) is 13.1 Å². The van der Waals surface area contributed by atoms with Gasteiger partial charge in [0, 0.05) is 13.6 Å². The minimum Gasteiger partial charge on any atom is -0.478 e. The summed E-state index contributed by atoms with van der Waals surface area (Å²) in [5.74, 6) is -1.07. The maximum Gasteiger partial charge on any atom is 0.339 e. The van der Waals surface area contributed by atoms with Gasteiger partial charge in [-0.25, -0.2) is 9.78 Å². The lowest BCUT2D eigenvalue weighted by atomic mass is 10.2. The molecule has 29 heavy (non-hydrogen) atoms. The average molecular weight is 414 g/mol. The molecule has 0 radical (unpaired) electrons. The number of aromatic carboxylic acids is 1. The van der Waals surface area contributed by atoms with E-state index in [-0.39, 0.29) is 11.5 Å². The number of rotatable bonds is 8. The van der Waals surface area contributed by atoms with Gasteiger partial charge in [-0.15, -0.1) is 11.3 Å². The molecule has 0 aliphatic rings. The fraction of sp³-hybridized carbons (Fsp3) is 0.300. The van der Waals surface area contributed by atoms with Crippen molar-refractivity contribution < 1.29 is 14.7 Å². The summed E-state index contributed by atoms with van der Waals surface area (Å²) in [5.41, 5.74) is 2.26. The van der Waals surface area contributed by atoms with Crippen LogP contribution in [0.2, 0.25) is 0 Å². The Bertz CT molecular complexity index is 1010. The van der Waals surface area contributed by atoms with Crippen LogP contribution in [0.15, 0.2) is 35.8 Å². The van der Waals surface area contributed by atoms with Gasteiger partial charge in [-0.05, 0) is 36.9 Å². The molecule has 3 rings (SSSR count). The Morgan fingerprint density at radius 1 is 1.34 bits per heavy atom. The number of amides is 1. The fourth-order valence-electron chi connectivity index (χ4n) is 3.04. The van der Waals surface area contributed by atoms with Gasteiger partial charge in [-0.2, -0.15) is 5.10 Å². The molecule has 3 heterocycles. The number of nitrogens with zero attached hydrogens (tertiary/aromatic N) is 4. The van der Waals surface area contributed by atoms with Gasteiger partial charge in [0.05, 0.1) is 34.7 Å². The Balaban J connectivity index is 1.83. The smallest absolute Gasteiger partial charge is 0.339 e. The zero-order valence-corrected chi connectivity index (χ0v) is 17.4. The normalized spacial score (nSPS) is 10.7. The second-order valence-electron chi connectivity index (χ2n) is 6.69. The number of hydrogen-bond acceptors (Lipinski definition) is 6. The Kier molecular flexibility index (Phi) is 6.28. The van der Waals surface area contributed by atoms with Crippen LogP contribution in [0.3, 0.4) is 0 Å². The molecule has 152 valence electrons. The van der Waals surface area contributed by atoms with Crippen LogP contribution in [0.4, 0.5) is 11.5 Å². The molecule has 3 aromatic heterocycles. The predicted octanol–water partition coefficient (Wildman–Crippen LogP) is 3.64. The van der Waals surface area contributed by atoms with Gasteiger partial charge in [0.2, 0.25) is 0 Å². The van der Waals surface area contributed by atoms with E-state index >= 15 is 0 Å². The molecule has 0 saturated carbocycles. The van der Waals surface area contributed by atoms with E-state index in [1.54, 1.807) is 29.5 Å². The average Bonchev–Trinajstić information content (AvgIpc) is 3.32. The van der Waals surface area contributed by atoms with E-state index in [0.717, 1.165) is 24.4 Å². The van der Waals surface area contributed by atoms with Crippen molar-refractivity contribution in [2.45, 2.75) is 33.4 Å². The molecule has 0 unspecified atom stereocenters. The Morgan fingerprint density at radius 3 is 2.79 bits per heavy atom. The zero-order valence-electron chi connectivity index (χ0n) is 16.5. The van der Waals surface area contributed by atoms with Crippen molar-refractivity contribution in [3.63, 3.8) is 0 Å². The summed E-state index contributed by atoms with van der Waals surface area (Å²) in [6, 6.07) is 6.90. The van der Waals surface area contributed by atoms with Crippen molar-refractivity contribution >= 4 is 34.7 Å². The first-order valence-corrected chi connectivity index (χ1v) is 10.1. The third-order valence-corrected chi connectivity index (χ3v) is 5.15. The lowest BCUT2D eigenvalue weighted by molar-refractivity contribution is 0.0696. The van der Waals surface area contributed by atoms with Crippen molar-refractivity contribution in [3.8, 4) is 0 Å². The van der Waals surface area contributed by atoms with Crippen LogP contribution in [0.1, 0.15) is 44.8 Å². The van der Waals surface area contributed by atoms with Gasteiger partial charge in [0.1, 0.15) is 11.4 Å². The number of thiophene rings is 1. The predicted molar refractivity (Wildman–Crippen MR) is 113 cm³/mol. The zero-order chi connectivity index (χ0) is 21.0. The van der Waals surface area contributed by atoms with Gasteiger partial charge in [-0.3, -0.25) is 9.48 Å². The molecule has 0 atom stereocenters. The Morgan fingerprint density at radius 2 is 2.14 bits per heavy atom. The monoisotopic (exact) mass is 413 g/mol. The lowest BCUT2D eigenvalue weighted by Gasteiger charge is -2.21. The Hall–Kier alpha value is -3.20. The molecule has 0 saturated heterocycles. The highest BCUT2D eigenvalue weighted by molar-refractivity contribution is 7.12. The van der Waals surface area contributed by atoms with Crippen molar-refractivity contribution in [1.82, 2.24) is 14.8 Å². The van der Waals surface area contributed by atoms with E-state index < -0.39 is 5.97 Å². The van der Waals surface area contributed by atoms with Crippen molar-refractivity contribution in [3.05, 3.63) is 57.7 Å². The molecule has 0 bridgehead atoms. The maximum atomic E-state index is 12.2. The molecular weight excluding hydrogens is 390 g/mol. The third-order valence-electron chi connectivity index (χ3n) is 4.28. The molecule has 1 amide bonds. The van der Waals surface area contributed by atoms with Crippen LogP contribution in [0, 0.1) is 6.92 Å². The summed E-state index contributed by atoms with van der Waals surface area (Å²) >= 11 is 1.31.